The molecule has 0 bridgehead atoms. The first-order valence-corrected chi connectivity index (χ1v) is 9.62. The molecule has 1 unspecified atom stereocenters. The molecule has 0 saturated carbocycles. The normalized spacial score (nSPS) is 18.6. The summed E-state index contributed by atoms with van der Waals surface area (Å²) in [6.07, 6.45) is 1.48. The number of anilines is 1. The van der Waals surface area contributed by atoms with Gasteiger partial charge >= 0.3 is 0 Å². The highest BCUT2D eigenvalue weighted by molar-refractivity contribution is 6.03. The van der Waals surface area contributed by atoms with Crippen LogP contribution in [0.1, 0.15) is 24.0 Å². The number of hydrogen-bond acceptors (Lipinski definition) is 4. The number of carbonyl (C=O) groups excluding carboxylic acids is 2. The molecule has 0 radical (unpaired) electrons. The van der Waals surface area contributed by atoms with E-state index in [1.165, 1.54) is 17.0 Å². The molecule has 29 heavy (non-hydrogen) atoms. The number of hydrogen-bond donors (Lipinski definition) is 0. The maximum absolute atomic E-state index is 13.3. The largest absolute Gasteiger partial charge is 0.493 e. The third kappa shape index (κ3) is 3.52. The third-order valence-electron chi connectivity index (χ3n) is 5.63. The molecule has 0 aliphatic carbocycles. The molecule has 152 valence electrons. The Morgan fingerprint density at radius 1 is 1.03 bits per heavy atom. The van der Waals surface area contributed by atoms with Gasteiger partial charge in [-0.05, 0) is 60.4 Å². The Morgan fingerprint density at radius 3 is 2.34 bits per heavy atom. The van der Waals surface area contributed by atoms with Crippen LogP contribution in [-0.4, -0.2) is 43.5 Å². The van der Waals surface area contributed by atoms with Crippen LogP contribution in [0.2, 0.25) is 0 Å². The Bertz CT molecular complexity index is 945. The Labute approximate surface area is 168 Å². The lowest BCUT2D eigenvalue weighted by atomic mass is 9.98. The Hall–Kier alpha value is -3.09. The molecule has 1 atom stereocenters. The molecular weight excluding hydrogens is 375 g/mol. The van der Waals surface area contributed by atoms with E-state index in [4.69, 9.17) is 9.47 Å². The smallest absolute Gasteiger partial charge is 0.246 e. The first kappa shape index (κ1) is 19.2. The van der Waals surface area contributed by atoms with Crippen LogP contribution in [0.15, 0.2) is 36.4 Å². The van der Waals surface area contributed by atoms with Gasteiger partial charge in [0.05, 0.1) is 14.2 Å². The van der Waals surface area contributed by atoms with E-state index in [0.29, 0.717) is 49.5 Å². The first-order valence-electron chi connectivity index (χ1n) is 9.62. The van der Waals surface area contributed by atoms with Gasteiger partial charge in [-0.15, -0.1) is 0 Å². The fraction of sp³-hybridized carbons (Fsp3) is 0.364. The monoisotopic (exact) mass is 398 g/mol. The molecule has 2 aromatic rings. The van der Waals surface area contributed by atoms with Crippen molar-refractivity contribution in [1.29, 1.82) is 0 Å². The lowest BCUT2D eigenvalue weighted by molar-refractivity contribution is -0.134. The summed E-state index contributed by atoms with van der Waals surface area (Å²) in [4.78, 5) is 29.0. The summed E-state index contributed by atoms with van der Waals surface area (Å²) >= 11 is 0. The van der Waals surface area contributed by atoms with Crippen LogP contribution in [0.4, 0.5) is 10.1 Å². The summed E-state index contributed by atoms with van der Waals surface area (Å²) < 4.78 is 24.0. The molecule has 2 heterocycles. The molecule has 2 aliphatic heterocycles. The highest BCUT2D eigenvalue weighted by Gasteiger charge is 2.39. The second-order valence-electron chi connectivity index (χ2n) is 7.28. The van der Waals surface area contributed by atoms with Crippen molar-refractivity contribution >= 4 is 17.5 Å². The predicted molar refractivity (Wildman–Crippen MR) is 106 cm³/mol. The van der Waals surface area contributed by atoms with E-state index in [1.54, 1.807) is 31.3 Å². The van der Waals surface area contributed by atoms with Gasteiger partial charge in [0.15, 0.2) is 11.5 Å². The zero-order valence-corrected chi connectivity index (χ0v) is 16.5. The molecule has 0 spiro atoms. The fourth-order valence-corrected chi connectivity index (χ4v) is 4.13. The number of halogens is 1. The van der Waals surface area contributed by atoms with Crippen LogP contribution in [0.3, 0.4) is 0 Å². The van der Waals surface area contributed by atoms with Gasteiger partial charge in [-0.25, -0.2) is 4.39 Å². The van der Waals surface area contributed by atoms with Gasteiger partial charge in [0.1, 0.15) is 11.9 Å². The van der Waals surface area contributed by atoms with E-state index in [9.17, 15) is 14.0 Å². The molecule has 0 N–H and O–H groups in total. The van der Waals surface area contributed by atoms with Gasteiger partial charge in [-0.3, -0.25) is 14.5 Å². The molecule has 6 nitrogen and oxygen atoms in total. The summed E-state index contributed by atoms with van der Waals surface area (Å²) in [5, 5.41) is 0. The molecule has 1 fully saturated rings. The summed E-state index contributed by atoms with van der Waals surface area (Å²) in [6.45, 7) is 1.03. The van der Waals surface area contributed by atoms with Crippen LogP contribution in [0.25, 0.3) is 0 Å². The maximum atomic E-state index is 13.3. The van der Waals surface area contributed by atoms with Crippen LogP contribution in [-0.2, 0) is 22.6 Å². The minimum atomic E-state index is -0.561. The van der Waals surface area contributed by atoms with Crippen molar-refractivity contribution in [3.05, 3.63) is 53.3 Å². The van der Waals surface area contributed by atoms with E-state index < -0.39 is 6.04 Å². The summed E-state index contributed by atoms with van der Waals surface area (Å²) in [7, 11) is 3.19. The molecule has 2 aromatic carbocycles. The summed E-state index contributed by atoms with van der Waals surface area (Å²) in [6, 6.07) is 9.00. The molecule has 2 amide bonds. The van der Waals surface area contributed by atoms with Crippen LogP contribution in [0, 0.1) is 5.82 Å². The van der Waals surface area contributed by atoms with E-state index >= 15 is 0 Å². The van der Waals surface area contributed by atoms with E-state index in [-0.39, 0.29) is 17.6 Å². The Balaban J connectivity index is 1.57. The number of rotatable bonds is 4. The van der Waals surface area contributed by atoms with Crippen molar-refractivity contribution in [2.45, 2.75) is 31.8 Å². The topological polar surface area (TPSA) is 59.1 Å². The van der Waals surface area contributed by atoms with E-state index in [1.807, 2.05) is 12.1 Å². The third-order valence-corrected chi connectivity index (χ3v) is 5.63. The molecule has 4 rings (SSSR count). The molecule has 2 aliphatic rings. The standard InChI is InChI=1S/C22H23FN2O4/c1-28-19-11-14-9-10-24(13-15(14)12-20(19)29-2)22(27)18-7-8-21(26)25(18)17-5-3-16(23)4-6-17/h3-6,11-12,18H,7-10,13H2,1-2H3. The minimum Gasteiger partial charge on any atom is -0.493 e. The van der Waals surface area contributed by atoms with Crippen molar-refractivity contribution in [2.75, 3.05) is 25.7 Å². The number of nitrogens with zero attached hydrogens (tertiary/aromatic N) is 2. The quantitative estimate of drug-likeness (QED) is 0.795. The average Bonchev–Trinajstić information content (AvgIpc) is 3.13. The van der Waals surface area contributed by atoms with Crippen molar-refractivity contribution in [3.8, 4) is 11.5 Å². The second kappa shape index (κ2) is 7.73. The number of carbonyl (C=O) groups is 2. The average molecular weight is 398 g/mol. The Morgan fingerprint density at radius 2 is 1.69 bits per heavy atom. The van der Waals surface area contributed by atoms with Gasteiger partial charge in [-0.2, -0.15) is 0 Å². The highest BCUT2D eigenvalue weighted by atomic mass is 19.1. The summed E-state index contributed by atoms with van der Waals surface area (Å²) in [5.74, 6) is 0.735. The molecule has 1 saturated heterocycles. The van der Waals surface area contributed by atoms with Gasteiger partial charge in [0, 0.05) is 25.2 Å². The lowest BCUT2D eigenvalue weighted by Crippen LogP contribution is -2.48. The number of methoxy groups -OCH3 is 2. The number of benzene rings is 2. The van der Waals surface area contributed by atoms with Crippen molar-refractivity contribution in [1.82, 2.24) is 4.90 Å². The van der Waals surface area contributed by atoms with Crippen molar-refractivity contribution in [3.63, 3.8) is 0 Å². The van der Waals surface area contributed by atoms with Gasteiger partial charge < -0.3 is 14.4 Å². The first-order chi connectivity index (χ1) is 14.0. The lowest BCUT2D eigenvalue weighted by Gasteiger charge is -2.34. The molecule has 0 aromatic heterocycles. The van der Waals surface area contributed by atoms with Gasteiger partial charge in [-0.1, -0.05) is 0 Å². The van der Waals surface area contributed by atoms with Crippen LogP contribution < -0.4 is 14.4 Å². The van der Waals surface area contributed by atoms with E-state index in [0.717, 1.165) is 11.1 Å². The predicted octanol–water partition coefficient (Wildman–Crippen LogP) is 2.92. The molecule has 7 heteroatoms. The van der Waals surface area contributed by atoms with Gasteiger partial charge in [0.25, 0.3) is 0 Å². The zero-order valence-electron chi connectivity index (χ0n) is 16.5. The number of ether oxygens (including phenoxy) is 2. The van der Waals surface area contributed by atoms with Gasteiger partial charge in [0.2, 0.25) is 11.8 Å². The Kier molecular flexibility index (Phi) is 5.13. The van der Waals surface area contributed by atoms with Crippen LogP contribution in [0.5, 0.6) is 11.5 Å². The van der Waals surface area contributed by atoms with E-state index in [2.05, 4.69) is 0 Å². The van der Waals surface area contributed by atoms with Crippen LogP contribution >= 0.6 is 0 Å². The zero-order chi connectivity index (χ0) is 20.5. The highest BCUT2D eigenvalue weighted by Crippen LogP contribution is 2.34. The van der Waals surface area contributed by atoms with Crippen molar-refractivity contribution < 1.29 is 23.5 Å². The fourth-order valence-electron chi connectivity index (χ4n) is 4.13. The SMILES string of the molecule is COc1cc2c(cc1OC)CN(C(=O)C1CCC(=O)N1c1ccc(F)cc1)CC2. The van der Waals surface area contributed by atoms with Crippen molar-refractivity contribution in [2.24, 2.45) is 0 Å². The minimum absolute atomic E-state index is 0.0828. The number of amides is 2. The maximum Gasteiger partial charge on any atom is 0.246 e. The number of fused-ring (bicyclic) bond motifs is 1. The summed E-state index contributed by atoms with van der Waals surface area (Å²) in [5.41, 5.74) is 2.69. The molecular formula is C22H23FN2O4. The second-order valence-corrected chi connectivity index (χ2v) is 7.28.